The highest BCUT2D eigenvalue weighted by Crippen LogP contribution is 2.32. The molecule has 0 aromatic carbocycles. The van der Waals surface area contributed by atoms with Gasteiger partial charge in [-0.3, -0.25) is 9.59 Å². The molecular formula is C18H21N3O2S3. The van der Waals surface area contributed by atoms with Crippen LogP contribution in [0.5, 0.6) is 0 Å². The number of carbonyl (C=O) groups excluding carboxylic acids is 2. The summed E-state index contributed by atoms with van der Waals surface area (Å²) in [5, 5.41) is 4.94. The normalized spacial score (nSPS) is 20.6. The van der Waals surface area contributed by atoms with Gasteiger partial charge in [0.15, 0.2) is 0 Å². The number of rotatable bonds is 3. The number of likely N-dealkylation sites (tertiary alicyclic amines) is 1. The Bertz CT molecular complexity index is 797. The number of carbonyl (C=O) groups is 2. The van der Waals surface area contributed by atoms with Crippen LogP contribution in [0.2, 0.25) is 0 Å². The molecule has 2 amide bonds. The number of nitrogens with zero attached hydrogens (tertiary/aromatic N) is 3. The van der Waals surface area contributed by atoms with E-state index >= 15 is 0 Å². The molecule has 8 heteroatoms. The Labute approximate surface area is 165 Å². The van der Waals surface area contributed by atoms with Crippen molar-refractivity contribution in [2.75, 3.05) is 31.1 Å². The van der Waals surface area contributed by atoms with E-state index in [1.54, 1.807) is 16.2 Å². The summed E-state index contributed by atoms with van der Waals surface area (Å²) in [6, 6.07) is 1.71. The number of thiazole rings is 1. The second-order valence-corrected chi connectivity index (χ2v) is 9.54. The standard InChI is InChI=1S/C18H21N3O2S3/c1-12-15(26-16(19-12)13-4-8-25-11-13)18(23)21-5-2-3-14(21)17(22)20-6-9-24-10-7-20/h4,8,11,14H,2-3,5-7,9-10H2,1H3. The smallest absolute Gasteiger partial charge is 0.266 e. The van der Waals surface area contributed by atoms with Crippen LogP contribution < -0.4 is 0 Å². The highest BCUT2D eigenvalue weighted by atomic mass is 32.2. The van der Waals surface area contributed by atoms with Crippen LogP contribution in [0, 0.1) is 6.92 Å². The van der Waals surface area contributed by atoms with Gasteiger partial charge in [-0.1, -0.05) is 0 Å². The van der Waals surface area contributed by atoms with E-state index in [0.717, 1.165) is 53.7 Å². The summed E-state index contributed by atoms with van der Waals surface area (Å²) in [7, 11) is 0. The number of aromatic nitrogens is 1. The van der Waals surface area contributed by atoms with Crippen LogP contribution >= 0.6 is 34.4 Å². The SMILES string of the molecule is Cc1nc(-c2ccsc2)sc1C(=O)N1CCCC1C(=O)N1CCSCC1. The van der Waals surface area contributed by atoms with Gasteiger partial charge in [0.1, 0.15) is 15.9 Å². The van der Waals surface area contributed by atoms with Crippen molar-refractivity contribution >= 4 is 46.2 Å². The zero-order valence-electron chi connectivity index (χ0n) is 14.6. The molecule has 0 N–H and O–H groups in total. The van der Waals surface area contributed by atoms with E-state index in [0.29, 0.717) is 11.4 Å². The predicted molar refractivity (Wildman–Crippen MR) is 108 cm³/mol. The molecule has 1 unspecified atom stereocenters. The second kappa shape index (κ2) is 7.70. The molecular weight excluding hydrogens is 386 g/mol. The molecule has 2 aromatic heterocycles. The lowest BCUT2D eigenvalue weighted by atomic mass is 10.2. The molecule has 4 rings (SSSR count). The number of aryl methyl sites for hydroxylation is 1. The third-order valence-corrected chi connectivity index (χ3v) is 7.70. The Morgan fingerprint density at radius 1 is 1.23 bits per heavy atom. The minimum Gasteiger partial charge on any atom is -0.339 e. The summed E-state index contributed by atoms with van der Waals surface area (Å²) in [4.78, 5) is 35.1. The first-order valence-corrected chi connectivity index (χ1v) is 11.7. The van der Waals surface area contributed by atoms with E-state index in [1.807, 2.05) is 40.4 Å². The summed E-state index contributed by atoms with van der Waals surface area (Å²) < 4.78 is 0. The van der Waals surface area contributed by atoms with E-state index in [-0.39, 0.29) is 17.9 Å². The molecule has 0 spiro atoms. The van der Waals surface area contributed by atoms with E-state index in [9.17, 15) is 9.59 Å². The monoisotopic (exact) mass is 407 g/mol. The molecule has 2 aliphatic heterocycles. The number of thioether (sulfide) groups is 1. The Morgan fingerprint density at radius 3 is 2.77 bits per heavy atom. The van der Waals surface area contributed by atoms with Crippen molar-refractivity contribution in [1.29, 1.82) is 0 Å². The van der Waals surface area contributed by atoms with Crippen LogP contribution in [-0.2, 0) is 4.79 Å². The maximum absolute atomic E-state index is 13.2. The van der Waals surface area contributed by atoms with E-state index in [2.05, 4.69) is 4.98 Å². The minimum atomic E-state index is -0.309. The molecule has 26 heavy (non-hydrogen) atoms. The van der Waals surface area contributed by atoms with Crippen molar-refractivity contribution in [3.05, 3.63) is 27.4 Å². The number of hydrogen-bond donors (Lipinski definition) is 0. The summed E-state index contributed by atoms with van der Waals surface area (Å²) in [6.45, 7) is 4.13. The third kappa shape index (κ3) is 3.42. The first kappa shape index (κ1) is 18.0. The van der Waals surface area contributed by atoms with Crippen LogP contribution in [0.3, 0.4) is 0 Å². The average Bonchev–Trinajstić information content (AvgIpc) is 3.41. The zero-order chi connectivity index (χ0) is 18.1. The van der Waals surface area contributed by atoms with Crippen LogP contribution in [0.25, 0.3) is 10.6 Å². The summed E-state index contributed by atoms with van der Waals surface area (Å²) >= 11 is 4.95. The molecule has 4 heterocycles. The number of hydrogen-bond acceptors (Lipinski definition) is 6. The zero-order valence-corrected chi connectivity index (χ0v) is 17.1. The largest absolute Gasteiger partial charge is 0.339 e. The summed E-state index contributed by atoms with van der Waals surface area (Å²) in [5.41, 5.74) is 1.82. The molecule has 138 valence electrons. The molecule has 0 saturated carbocycles. The summed E-state index contributed by atoms with van der Waals surface area (Å²) in [6.07, 6.45) is 1.66. The van der Waals surface area contributed by atoms with Crippen molar-refractivity contribution in [3.8, 4) is 10.6 Å². The lowest BCUT2D eigenvalue weighted by Crippen LogP contribution is -2.50. The molecule has 2 fully saturated rings. The molecule has 0 aliphatic carbocycles. The Hall–Kier alpha value is -1.38. The number of thiophene rings is 1. The van der Waals surface area contributed by atoms with Crippen LogP contribution in [0.15, 0.2) is 16.8 Å². The van der Waals surface area contributed by atoms with Crippen molar-refractivity contribution in [1.82, 2.24) is 14.8 Å². The molecule has 2 saturated heterocycles. The van der Waals surface area contributed by atoms with Gasteiger partial charge in [-0.05, 0) is 31.2 Å². The lowest BCUT2D eigenvalue weighted by Gasteiger charge is -2.32. The highest BCUT2D eigenvalue weighted by molar-refractivity contribution is 7.99. The quantitative estimate of drug-likeness (QED) is 0.783. The van der Waals surface area contributed by atoms with E-state index < -0.39 is 0 Å². The van der Waals surface area contributed by atoms with Crippen LogP contribution in [-0.4, -0.2) is 63.8 Å². The maximum Gasteiger partial charge on any atom is 0.266 e. The van der Waals surface area contributed by atoms with Crippen LogP contribution in [0.4, 0.5) is 0 Å². The topological polar surface area (TPSA) is 53.5 Å². The second-order valence-electron chi connectivity index (χ2n) is 6.54. The fourth-order valence-corrected chi connectivity index (χ4v) is 6.13. The van der Waals surface area contributed by atoms with Crippen molar-refractivity contribution in [2.45, 2.75) is 25.8 Å². The fourth-order valence-electron chi connectivity index (χ4n) is 3.50. The Balaban J connectivity index is 1.54. The molecule has 2 aromatic rings. The van der Waals surface area contributed by atoms with Gasteiger partial charge in [-0.15, -0.1) is 11.3 Å². The molecule has 5 nitrogen and oxygen atoms in total. The van der Waals surface area contributed by atoms with Gasteiger partial charge in [0.25, 0.3) is 5.91 Å². The van der Waals surface area contributed by atoms with Gasteiger partial charge in [0.05, 0.1) is 5.69 Å². The molecule has 1 atom stereocenters. The molecule has 0 radical (unpaired) electrons. The first-order valence-electron chi connectivity index (χ1n) is 8.82. The summed E-state index contributed by atoms with van der Waals surface area (Å²) in [5.74, 6) is 2.06. The van der Waals surface area contributed by atoms with Gasteiger partial charge in [-0.25, -0.2) is 4.98 Å². The first-order chi connectivity index (χ1) is 12.6. The number of amides is 2. The molecule has 0 bridgehead atoms. The van der Waals surface area contributed by atoms with Crippen molar-refractivity contribution < 1.29 is 9.59 Å². The van der Waals surface area contributed by atoms with Gasteiger partial charge in [-0.2, -0.15) is 23.1 Å². The minimum absolute atomic E-state index is 0.0382. The lowest BCUT2D eigenvalue weighted by molar-refractivity contribution is -0.134. The highest BCUT2D eigenvalue weighted by Gasteiger charge is 2.38. The van der Waals surface area contributed by atoms with E-state index in [4.69, 9.17) is 0 Å². The average molecular weight is 408 g/mol. The Morgan fingerprint density at radius 2 is 2.04 bits per heavy atom. The maximum atomic E-state index is 13.2. The van der Waals surface area contributed by atoms with Crippen molar-refractivity contribution in [2.24, 2.45) is 0 Å². The van der Waals surface area contributed by atoms with Gasteiger partial charge >= 0.3 is 0 Å². The third-order valence-electron chi connectivity index (χ3n) is 4.88. The molecule has 2 aliphatic rings. The van der Waals surface area contributed by atoms with Gasteiger partial charge in [0, 0.05) is 42.1 Å². The fraction of sp³-hybridized carbons (Fsp3) is 0.500. The van der Waals surface area contributed by atoms with Gasteiger partial charge in [0.2, 0.25) is 5.91 Å². The van der Waals surface area contributed by atoms with E-state index in [1.165, 1.54) is 11.3 Å². The predicted octanol–water partition coefficient (Wildman–Crippen LogP) is 3.36. The van der Waals surface area contributed by atoms with Gasteiger partial charge < -0.3 is 9.80 Å². The van der Waals surface area contributed by atoms with Crippen LogP contribution in [0.1, 0.15) is 28.2 Å². The Kier molecular flexibility index (Phi) is 5.33. The van der Waals surface area contributed by atoms with Crippen molar-refractivity contribution in [3.63, 3.8) is 0 Å².